The van der Waals surface area contributed by atoms with Crippen molar-refractivity contribution in [3.63, 3.8) is 0 Å². The molecule has 2 aromatic rings. The van der Waals surface area contributed by atoms with E-state index < -0.39 is 12.0 Å². The number of phenols is 1. The molecule has 38 heavy (non-hydrogen) atoms. The van der Waals surface area contributed by atoms with Gasteiger partial charge >= 0.3 is 0 Å². The smallest absolute Gasteiger partial charge is 0.234 e. The minimum absolute atomic E-state index is 0.0377. The zero-order chi connectivity index (χ0) is 26.6. The summed E-state index contributed by atoms with van der Waals surface area (Å²) >= 11 is 0. The van der Waals surface area contributed by atoms with Crippen molar-refractivity contribution in [2.45, 2.75) is 50.2 Å². The number of carbonyl (C=O) groups is 2. The molecule has 0 spiro atoms. The van der Waals surface area contributed by atoms with Gasteiger partial charge < -0.3 is 25.0 Å². The van der Waals surface area contributed by atoms with Crippen molar-refractivity contribution in [2.24, 2.45) is 0 Å². The fourth-order valence-electron chi connectivity index (χ4n) is 6.02. The monoisotopic (exact) mass is 520 g/mol. The molecule has 0 radical (unpaired) electrons. The minimum Gasteiger partial charge on any atom is -0.508 e. The number of nitrogens with zero attached hydrogens (tertiary/aromatic N) is 3. The van der Waals surface area contributed by atoms with Crippen LogP contribution in [-0.2, 0) is 9.59 Å². The van der Waals surface area contributed by atoms with Gasteiger partial charge in [0.1, 0.15) is 23.5 Å². The number of rotatable bonds is 1. The topological polar surface area (TPSA) is 85.3 Å². The van der Waals surface area contributed by atoms with E-state index in [2.05, 4.69) is 35.3 Å². The molecule has 3 unspecified atom stereocenters. The molecule has 4 bridgehead atoms. The average Bonchev–Trinajstić information content (AvgIpc) is 3.28. The predicted molar refractivity (Wildman–Crippen MR) is 146 cm³/mol. The molecule has 3 heterocycles. The summed E-state index contributed by atoms with van der Waals surface area (Å²) in [5, 5.41) is 13.0. The SMILES string of the molecule is CN1CCCCN2CCCNC(=O)CC(c3ccc4c(c3)C(C2=O)C(c2ccc(O)cc2)O4)N(C)CCC1. The maximum Gasteiger partial charge on any atom is 0.234 e. The summed E-state index contributed by atoms with van der Waals surface area (Å²) in [4.78, 5) is 33.9. The fraction of sp³-hybridized carbons (Fsp3) is 0.533. The second-order valence-electron chi connectivity index (χ2n) is 11.0. The van der Waals surface area contributed by atoms with Crippen LogP contribution in [0.3, 0.4) is 0 Å². The zero-order valence-electron chi connectivity index (χ0n) is 22.6. The van der Waals surface area contributed by atoms with Crippen molar-refractivity contribution in [3.05, 3.63) is 59.2 Å². The lowest BCUT2D eigenvalue weighted by molar-refractivity contribution is -0.134. The highest BCUT2D eigenvalue weighted by molar-refractivity contribution is 5.87. The Morgan fingerprint density at radius 2 is 1.58 bits per heavy atom. The maximum absolute atomic E-state index is 14.3. The third-order valence-electron chi connectivity index (χ3n) is 8.22. The van der Waals surface area contributed by atoms with Crippen molar-refractivity contribution < 1.29 is 19.4 Å². The van der Waals surface area contributed by atoms with Crippen LogP contribution in [0.2, 0.25) is 0 Å². The Bertz CT molecular complexity index is 1140. The molecule has 0 fully saturated rings. The van der Waals surface area contributed by atoms with Crippen LogP contribution in [0.25, 0.3) is 0 Å². The standard InChI is InChI=1S/C30H40N4O4/c1-32-14-3-4-17-34-18-5-13-31-27(36)20-25(33(2)16-6-15-32)22-9-12-26-24(19-22)28(30(34)37)29(38-26)21-7-10-23(35)11-8-21/h7-12,19,25,28-29,35H,3-6,13-18,20H2,1-2H3,(H,31,36). The molecule has 5 rings (SSSR count). The number of nitrogens with one attached hydrogen (secondary N) is 1. The lowest BCUT2D eigenvalue weighted by Crippen LogP contribution is -2.39. The van der Waals surface area contributed by atoms with E-state index in [0.29, 0.717) is 38.2 Å². The first-order chi connectivity index (χ1) is 18.4. The van der Waals surface area contributed by atoms with Gasteiger partial charge in [-0.05, 0) is 94.8 Å². The van der Waals surface area contributed by atoms with E-state index >= 15 is 0 Å². The molecular formula is C30H40N4O4. The summed E-state index contributed by atoms with van der Waals surface area (Å²) in [6.07, 6.45) is 3.58. The first-order valence-electron chi connectivity index (χ1n) is 13.9. The summed E-state index contributed by atoms with van der Waals surface area (Å²) in [6.45, 7) is 4.70. The highest BCUT2D eigenvalue weighted by Gasteiger charge is 2.43. The maximum atomic E-state index is 14.3. The number of phenolic OH excluding ortho intramolecular Hbond substituents is 1. The first kappa shape index (κ1) is 26.5. The summed E-state index contributed by atoms with van der Waals surface area (Å²) < 4.78 is 6.45. The van der Waals surface area contributed by atoms with Gasteiger partial charge in [-0.3, -0.25) is 14.5 Å². The van der Waals surface area contributed by atoms with Gasteiger partial charge in [-0.2, -0.15) is 0 Å². The molecule has 2 amide bonds. The van der Waals surface area contributed by atoms with Crippen LogP contribution in [0, 0.1) is 0 Å². The highest BCUT2D eigenvalue weighted by Crippen LogP contribution is 2.48. The molecule has 0 saturated heterocycles. The van der Waals surface area contributed by atoms with E-state index in [1.54, 1.807) is 12.1 Å². The highest BCUT2D eigenvalue weighted by atomic mass is 16.5. The Hall–Kier alpha value is -3.10. The summed E-state index contributed by atoms with van der Waals surface area (Å²) in [6, 6.07) is 13.0. The van der Waals surface area contributed by atoms with Gasteiger partial charge in [0.15, 0.2) is 0 Å². The number of carbonyl (C=O) groups excluding carboxylic acids is 2. The van der Waals surface area contributed by atoms with Crippen LogP contribution < -0.4 is 10.1 Å². The first-order valence-corrected chi connectivity index (χ1v) is 13.9. The van der Waals surface area contributed by atoms with Crippen LogP contribution >= 0.6 is 0 Å². The van der Waals surface area contributed by atoms with E-state index in [1.807, 2.05) is 29.2 Å². The molecule has 0 aromatic heterocycles. The third kappa shape index (κ3) is 5.81. The molecule has 0 aliphatic carbocycles. The van der Waals surface area contributed by atoms with Crippen molar-refractivity contribution in [1.29, 1.82) is 0 Å². The summed E-state index contributed by atoms with van der Waals surface area (Å²) in [7, 11) is 4.25. The molecule has 3 aliphatic heterocycles. The van der Waals surface area contributed by atoms with Gasteiger partial charge in [0, 0.05) is 37.7 Å². The van der Waals surface area contributed by atoms with Crippen LogP contribution in [0.5, 0.6) is 11.5 Å². The Morgan fingerprint density at radius 3 is 2.39 bits per heavy atom. The molecule has 3 atom stereocenters. The average molecular weight is 521 g/mol. The number of hydrogen-bond donors (Lipinski definition) is 2. The zero-order valence-corrected chi connectivity index (χ0v) is 22.6. The third-order valence-corrected chi connectivity index (χ3v) is 8.22. The normalized spacial score (nSPS) is 26.2. The van der Waals surface area contributed by atoms with Crippen molar-refractivity contribution in [3.8, 4) is 11.5 Å². The Labute approximate surface area is 225 Å². The summed E-state index contributed by atoms with van der Waals surface area (Å²) in [5.74, 6) is 0.517. The van der Waals surface area contributed by atoms with Gasteiger partial charge in [-0.15, -0.1) is 0 Å². The van der Waals surface area contributed by atoms with Gasteiger partial charge in [-0.1, -0.05) is 18.2 Å². The number of benzene rings is 2. The van der Waals surface area contributed by atoms with E-state index in [0.717, 1.165) is 55.6 Å². The molecular weight excluding hydrogens is 480 g/mol. The molecule has 2 N–H and O–H groups in total. The van der Waals surface area contributed by atoms with Crippen molar-refractivity contribution in [2.75, 3.05) is 53.4 Å². The van der Waals surface area contributed by atoms with Crippen LogP contribution in [0.15, 0.2) is 42.5 Å². The second-order valence-corrected chi connectivity index (χ2v) is 11.0. The number of fused-ring (bicyclic) bond motifs is 1. The van der Waals surface area contributed by atoms with Crippen molar-refractivity contribution >= 4 is 11.8 Å². The van der Waals surface area contributed by atoms with Crippen LogP contribution in [0.1, 0.15) is 66.9 Å². The van der Waals surface area contributed by atoms with E-state index in [-0.39, 0.29) is 23.6 Å². The Kier molecular flexibility index (Phi) is 8.19. The number of aromatic hydroxyl groups is 1. The van der Waals surface area contributed by atoms with Gasteiger partial charge in [0.2, 0.25) is 11.8 Å². The molecule has 8 nitrogen and oxygen atoms in total. The van der Waals surface area contributed by atoms with Crippen LogP contribution in [-0.4, -0.2) is 85.0 Å². The van der Waals surface area contributed by atoms with Gasteiger partial charge in [-0.25, -0.2) is 0 Å². The fourth-order valence-corrected chi connectivity index (χ4v) is 6.02. The lowest BCUT2D eigenvalue weighted by Gasteiger charge is -2.30. The quantitative estimate of drug-likeness (QED) is 0.599. The molecule has 204 valence electrons. The second kappa shape index (κ2) is 11.7. The molecule has 2 aromatic carbocycles. The summed E-state index contributed by atoms with van der Waals surface area (Å²) in [5.41, 5.74) is 2.78. The van der Waals surface area contributed by atoms with Crippen LogP contribution in [0.4, 0.5) is 0 Å². The van der Waals surface area contributed by atoms with Gasteiger partial charge in [0.25, 0.3) is 0 Å². The Morgan fingerprint density at radius 1 is 0.868 bits per heavy atom. The molecule has 3 aliphatic rings. The lowest BCUT2D eigenvalue weighted by atomic mass is 9.87. The predicted octanol–water partition coefficient (Wildman–Crippen LogP) is 3.44. The number of hydrogen-bond acceptors (Lipinski definition) is 6. The van der Waals surface area contributed by atoms with Crippen molar-refractivity contribution in [1.82, 2.24) is 20.0 Å². The Balaban J connectivity index is 1.60. The molecule has 8 heteroatoms. The van der Waals surface area contributed by atoms with E-state index in [1.165, 1.54) is 0 Å². The largest absolute Gasteiger partial charge is 0.508 e. The molecule has 0 saturated carbocycles. The number of ether oxygens (including phenoxy) is 1. The minimum atomic E-state index is -0.486. The van der Waals surface area contributed by atoms with Gasteiger partial charge in [0.05, 0.1) is 0 Å². The van der Waals surface area contributed by atoms with E-state index in [9.17, 15) is 14.7 Å². The van der Waals surface area contributed by atoms with E-state index in [4.69, 9.17) is 4.74 Å². The number of amides is 2.